The summed E-state index contributed by atoms with van der Waals surface area (Å²) in [6.45, 7) is 8.48. The Balaban J connectivity index is 1.24. The maximum absolute atomic E-state index is 14.8. The zero-order valence-electron chi connectivity index (χ0n) is 31.6. The van der Waals surface area contributed by atoms with Crippen molar-refractivity contribution in [3.05, 3.63) is 47.4 Å². The summed E-state index contributed by atoms with van der Waals surface area (Å²) in [4.78, 5) is 62.1. The van der Waals surface area contributed by atoms with Gasteiger partial charge in [0.25, 0.3) is 5.91 Å². The van der Waals surface area contributed by atoms with Gasteiger partial charge in [-0.3, -0.25) is 19.1 Å². The number of aromatic nitrogens is 1. The van der Waals surface area contributed by atoms with E-state index in [4.69, 9.17) is 9.47 Å². The average molecular weight is 768 g/mol. The summed E-state index contributed by atoms with van der Waals surface area (Å²) in [6.07, 6.45) is 8.14. The summed E-state index contributed by atoms with van der Waals surface area (Å²) in [5.74, 6) is -2.35. The van der Waals surface area contributed by atoms with E-state index in [1.807, 2.05) is 12.2 Å². The van der Waals surface area contributed by atoms with Crippen molar-refractivity contribution in [3.8, 4) is 5.75 Å². The van der Waals surface area contributed by atoms with Gasteiger partial charge in [0.2, 0.25) is 21.8 Å². The number of amides is 4. The van der Waals surface area contributed by atoms with Crippen molar-refractivity contribution in [3.63, 3.8) is 0 Å². The number of hydrogen-bond donors (Lipinski definition) is 3. The van der Waals surface area contributed by atoms with Gasteiger partial charge in [0.15, 0.2) is 0 Å². The highest BCUT2D eigenvalue weighted by atomic mass is 32.2. The minimum Gasteiger partial charge on any atom is -0.483 e. The van der Waals surface area contributed by atoms with E-state index >= 15 is 0 Å². The van der Waals surface area contributed by atoms with Gasteiger partial charge in [-0.2, -0.15) is 0 Å². The Morgan fingerprint density at radius 3 is 2.59 bits per heavy atom. The van der Waals surface area contributed by atoms with Gasteiger partial charge in [-0.05, 0) is 92.1 Å². The van der Waals surface area contributed by atoms with Gasteiger partial charge < -0.3 is 25.0 Å². The van der Waals surface area contributed by atoms with Crippen molar-refractivity contribution in [2.24, 2.45) is 5.92 Å². The van der Waals surface area contributed by atoms with E-state index in [-0.39, 0.29) is 24.9 Å². The minimum absolute atomic E-state index is 0.00819. The second-order valence-corrected chi connectivity index (χ2v) is 19.2. The van der Waals surface area contributed by atoms with E-state index in [1.54, 1.807) is 46.8 Å². The van der Waals surface area contributed by atoms with E-state index in [9.17, 15) is 32.0 Å². The number of carbonyl (C=O) groups excluding carboxylic acids is 4. The Morgan fingerprint density at radius 2 is 1.87 bits per heavy atom. The Bertz CT molecular complexity index is 2050. The number of ether oxygens (including phenoxy) is 2. The van der Waals surface area contributed by atoms with Crippen molar-refractivity contribution in [1.29, 1.82) is 0 Å². The van der Waals surface area contributed by atoms with Crippen LogP contribution < -0.4 is 20.1 Å². The molecule has 2 saturated carbocycles. The lowest BCUT2D eigenvalue weighted by Crippen LogP contribution is -2.58. The molecule has 1 saturated heterocycles. The third kappa shape index (κ3) is 7.15. The summed E-state index contributed by atoms with van der Waals surface area (Å²) < 4.78 is 54.6. The number of para-hydroxylation sites is 1. The molecule has 4 amide bonds. The average Bonchev–Trinajstić information content (AvgIpc) is 3.98. The van der Waals surface area contributed by atoms with Crippen molar-refractivity contribution in [1.82, 2.24) is 25.2 Å². The molecule has 0 bridgehead atoms. The van der Waals surface area contributed by atoms with Crippen LogP contribution in [0.3, 0.4) is 0 Å². The zero-order valence-corrected chi connectivity index (χ0v) is 32.4. The Kier molecular flexibility index (Phi) is 9.50. The minimum atomic E-state index is -4.00. The Hall–Kier alpha value is -4.27. The predicted molar refractivity (Wildman–Crippen MR) is 197 cm³/mol. The van der Waals surface area contributed by atoms with Gasteiger partial charge in [-0.1, -0.05) is 37.1 Å². The quantitative estimate of drug-likeness (QED) is 0.375. The van der Waals surface area contributed by atoms with Crippen LogP contribution in [0.25, 0.3) is 10.9 Å². The van der Waals surface area contributed by atoms with Crippen molar-refractivity contribution >= 4 is 44.7 Å². The summed E-state index contributed by atoms with van der Waals surface area (Å²) in [6, 6.07) is 2.62. The van der Waals surface area contributed by atoms with Gasteiger partial charge >= 0.3 is 6.09 Å². The number of carbonyl (C=O) groups is 4. The molecule has 7 rings (SSSR count). The fraction of sp³-hybridized carbons (Fsp3) is 0.615. The molecule has 1 spiro atoms. The molecule has 4 heterocycles. The lowest BCUT2D eigenvalue weighted by Gasteiger charge is -2.36. The predicted octanol–water partition coefficient (Wildman–Crippen LogP) is 4.63. The molecule has 292 valence electrons. The smallest absolute Gasteiger partial charge is 0.408 e. The van der Waals surface area contributed by atoms with E-state index in [2.05, 4.69) is 20.3 Å². The third-order valence-corrected chi connectivity index (χ3v) is 13.8. The summed E-state index contributed by atoms with van der Waals surface area (Å²) >= 11 is 0. The fourth-order valence-corrected chi connectivity index (χ4v) is 9.44. The number of allylic oxidation sites excluding steroid dienone is 1. The van der Waals surface area contributed by atoms with Crippen LogP contribution in [0.5, 0.6) is 5.75 Å². The monoisotopic (exact) mass is 767 g/mol. The molecule has 5 atom stereocenters. The Labute approximate surface area is 315 Å². The SMILES string of the molecule is Cc1nc2c(F)cccc2c2c1O[C@]1(CC2)C[C@H]2C(=O)N[C@]3(C(=O)NS(=O)(=O)C4(C)CC4)CC3/C=C\CCCCCC(NC(=O)OC(C)(C)C)C(=O)N2C1. The number of benzene rings is 1. The largest absolute Gasteiger partial charge is 0.483 e. The molecule has 3 aliphatic heterocycles. The number of fused-ring (bicyclic) bond motifs is 5. The second-order valence-electron chi connectivity index (χ2n) is 17.0. The van der Waals surface area contributed by atoms with Gasteiger partial charge in [-0.15, -0.1) is 0 Å². The molecule has 15 heteroatoms. The first kappa shape index (κ1) is 38.0. The molecule has 2 unspecified atom stereocenters. The molecule has 1 aromatic carbocycles. The van der Waals surface area contributed by atoms with E-state index in [0.717, 1.165) is 18.4 Å². The number of aryl methyl sites for hydroxylation is 2. The summed E-state index contributed by atoms with van der Waals surface area (Å²) in [5, 5.41) is 6.30. The molecule has 2 aromatic rings. The number of halogens is 1. The normalized spacial score (nSPS) is 30.0. The van der Waals surface area contributed by atoms with Gasteiger partial charge in [-0.25, -0.2) is 22.6 Å². The van der Waals surface area contributed by atoms with Crippen LogP contribution in [-0.2, 0) is 35.6 Å². The molecule has 2 aliphatic carbocycles. The number of nitrogens with one attached hydrogen (secondary N) is 3. The van der Waals surface area contributed by atoms with Crippen molar-refractivity contribution in [2.45, 2.75) is 139 Å². The summed E-state index contributed by atoms with van der Waals surface area (Å²) in [5.41, 5.74) is -1.90. The van der Waals surface area contributed by atoms with Crippen molar-refractivity contribution < 1.29 is 41.5 Å². The highest BCUT2D eigenvalue weighted by Crippen LogP contribution is 2.49. The standard InChI is InChI=1S/C39H50FN5O8S/c1-23-31-26(25-13-11-14-27(40)30(25)41-23)16-17-38(52-31)21-29-32(46)43-39(34(48)44-54(50,51)37(5)18-19-37)20-24(39)12-9-7-6-8-10-15-28(33(47)45(29)22-38)42-35(49)53-36(2,3)4/h9,11-14,24,28-29H,6-8,10,15-22H2,1-5H3,(H,42,49)(H,43,46)(H,44,48)/b12-9-/t24?,28?,29-,38+,39+/m0/s1. The van der Waals surface area contributed by atoms with E-state index in [0.29, 0.717) is 61.8 Å². The molecule has 54 heavy (non-hydrogen) atoms. The maximum atomic E-state index is 14.8. The lowest BCUT2D eigenvalue weighted by atomic mass is 9.87. The van der Waals surface area contributed by atoms with E-state index < -0.39 is 79.1 Å². The van der Waals surface area contributed by atoms with Gasteiger partial charge in [0, 0.05) is 23.3 Å². The van der Waals surface area contributed by atoms with Gasteiger partial charge in [0.05, 0.1) is 17.0 Å². The molecule has 0 radical (unpaired) electrons. The lowest BCUT2D eigenvalue weighted by molar-refractivity contribution is -0.141. The fourth-order valence-electron chi connectivity index (χ4n) is 8.13. The first-order valence-electron chi connectivity index (χ1n) is 19.0. The van der Waals surface area contributed by atoms with Gasteiger partial charge in [0.1, 0.15) is 45.9 Å². The molecule has 3 N–H and O–H groups in total. The topological polar surface area (TPSA) is 173 Å². The zero-order chi connectivity index (χ0) is 38.8. The van der Waals surface area contributed by atoms with Crippen LogP contribution in [0.4, 0.5) is 9.18 Å². The van der Waals surface area contributed by atoms with Crippen LogP contribution in [0.2, 0.25) is 0 Å². The number of sulfonamides is 1. The highest BCUT2D eigenvalue weighted by Gasteiger charge is 2.64. The molecular weight excluding hydrogens is 718 g/mol. The molecular formula is C39H50FN5O8S. The molecule has 3 fully saturated rings. The van der Waals surface area contributed by atoms with Crippen LogP contribution in [0.15, 0.2) is 30.4 Å². The first-order valence-corrected chi connectivity index (χ1v) is 20.5. The van der Waals surface area contributed by atoms with Crippen LogP contribution in [-0.4, -0.2) is 82.2 Å². The first-order chi connectivity index (χ1) is 25.4. The molecule has 1 aromatic heterocycles. The number of pyridine rings is 1. The summed E-state index contributed by atoms with van der Waals surface area (Å²) in [7, 11) is -4.00. The second kappa shape index (κ2) is 13.5. The Morgan fingerprint density at radius 1 is 1.11 bits per heavy atom. The number of alkyl carbamates (subject to hydrolysis) is 1. The molecule has 13 nitrogen and oxygen atoms in total. The molecule has 5 aliphatic rings. The van der Waals surface area contributed by atoms with Crippen LogP contribution >= 0.6 is 0 Å². The number of rotatable bonds is 4. The van der Waals surface area contributed by atoms with Crippen molar-refractivity contribution in [2.75, 3.05) is 6.54 Å². The third-order valence-electron chi connectivity index (χ3n) is 11.6. The van der Waals surface area contributed by atoms with Crippen LogP contribution in [0.1, 0.15) is 103 Å². The van der Waals surface area contributed by atoms with E-state index in [1.165, 1.54) is 11.0 Å². The number of hydrogen-bond acceptors (Lipinski definition) is 9. The van der Waals surface area contributed by atoms with Crippen LogP contribution in [0, 0.1) is 18.7 Å². The highest BCUT2D eigenvalue weighted by molar-refractivity contribution is 7.91. The number of nitrogens with zero attached hydrogens (tertiary/aromatic N) is 2. The maximum Gasteiger partial charge on any atom is 0.408 e.